The van der Waals surface area contributed by atoms with E-state index in [0.29, 0.717) is 5.11 Å². The highest BCUT2D eigenvalue weighted by Gasteiger charge is 2.23. The van der Waals surface area contributed by atoms with Crippen molar-refractivity contribution in [2.24, 2.45) is 0 Å². The van der Waals surface area contributed by atoms with Crippen LogP contribution in [0, 0.1) is 0 Å². The van der Waals surface area contributed by atoms with Gasteiger partial charge in [0.15, 0.2) is 5.11 Å². The van der Waals surface area contributed by atoms with Gasteiger partial charge in [-0.15, -0.1) is 11.8 Å². The van der Waals surface area contributed by atoms with Crippen molar-refractivity contribution in [3.63, 3.8) is 0 Å². The highest BCUT2D eigenvalue weighted by molar-refractivity contribution is 8.00. The van der Waals surface area contributed by atoms with E-state index in [4.69, 9.17) is 23.8 Å². The van der Waals surface area contributed by atoms with Crippen molar-refractivity contribution in [3.05, 3.63) is 119 Å². The zero-order chi connectivity index (χ0) is 26.2. The molecule has 0 aliphatic carbocycles. The summed E-state index contributed by atoms with van der Waals surface area (Å²) in [5.74, 6) is -1.43. The third-order valence-corrected chi connectivity index (χ3v) is 7.01. The molecule has 6 nitrogen and oxygen atoms in total. The number of thioether (sulfide) groups is 1. The van der Waals surface area contributed by atoms with Gasteiger partial charge in [0.25, 0.3) is 0 Å². The van der Waals surface area contributed by atoms with Crippen LogP contribution in [-0.4, -0.2) is 22.1 Å². The van der Waals surface area contributed by atoms with Gasteiger partial charge in [-0.1, -0.05) is 60.1 Å². The van der Waals surface area contributed by atoms with Gasteiger partial charge in [-0.3, -0.25) is 4.79 Å². The fourth-order valence-electron chi connectivity index (χ4n) is 3.42. The number of carboxylic acid groups (broad SMARTS) is 1. The average Bonchev–Trinajstić information content (AvgIpc) is 2.90. The number of nitrogens with one attached hydrogen (secondary N) is 3. The van der Waals surface area contributed by atoms with Crippen molar-refractivity contribution in [1.29, 1.82) is 0 Å². The number of halogens is 1. The molecule has 1 amide bonds. The molecule has 0 saturated carbocycles. The molecule has 37 heavy (non-hydrogen) atoms. The molecule has 0 radical (unpaired) electrons. The molecular formula is C28H22ClN3O3S2. The number of aromatic carboxylic acids is 1. The van der Waals surface area contributed by atoms with E-state index in [-0.39, 0.29) is 22.2 Å². The Hall–Kier alpha value is -3.85. The van der Waals surface area contributed by atoms with Gasteiger partial charge in [0, 0.05) is 16.3 Å². The summed E-state index contributed by atoms with van der Waals surface area (Å²) in [4.78, 5) is 25.6. The van der Waals surface area contributed by atoms with E-state index in [1.54, 1.807) is 0 Å². The molecule has 186 valence electrons. The normalized spacial score (nSPS) is 11.3. The third kappa shape index (κ3) is 7.33. The number of benzene rings is 4. The molecule has 0 aliphatic heterocycles. The summed E-state index contributed by atoms with van der Waals surface area (Å²) in [5, 5.41) is 18.5. The average molecular weight is 548 g/mol. The predicted octanol–water partition coefficient (Wildman–Crippen LogP) is 7.32. The summed E-state index contributed by atoms with van der Waals surface area (Å²) < 4.78 is 0. The fraction of sp³-hybridized carbons (Fsp3) is 0.0357. The number of carboxylic acids is 1. The lowest BCUT2D eigenvalue weighted by Gasteiger charge is -2.18. The number of carbonyl (C=O) groups excluding carboxylic acids is 1. The molecule has 0 bridgehead atoms. The van der Waals surface area contributed by atoms with Crippen LogP contribution in [0.3, 0.4) is 0 Å². The zero-order valence-corrected chi connectivity index (χ0v) is 21.7. The maximum absolute atomic E-state index is 13.4. The van der Waals surface area contributed by atoms with Gasteiger partial charge in [0.2, 0.25) is 5.91 Å². The number of thiocarbonyl (C=S) groups is 1. The standard InChI is InChI=1S/C28H22ClN3O3S2/c29-23-16-11-19(27(34)35)17-24(23)32-26(33)25(18-7-3-1-4-8-18)37-22-14-12-21(13-15-22)31-28(36)30-20-9-5-2-6-10-20/h1-17,25H,(H,32,33)(H,34,35)(H2,30,31,36). The minimum absolute atomic E-state index is 0.0337. The SMILES string of the molecule is O=C(O)c1ccc(Cl)c(NC(=O)C(Sc2ccc(NC(=S)Nc3ccccc3)cc2)c2ccccc2)c1. The molecule has 4 aromatic rings. The van der Waals surface area contributed by atoms with E-state index in [9.17, 15) is 14.7 Å². The molecule has 0 spiro atoms. The second-order valence-electron chi connectivity index (χ2n) is 7.87. The van der Waals surface area contributed by atoms with Gasteiger partial charge >= 0.3 is 5.97 Å². The molecule has 0 heterocycles. The molecule has 4 rings (SSSR count). The Bertz CT molecular complexity index is 1400. The Morgan fingerprint density at radius 3 is 2.00 bits per heavy atom. The maximum Gasteiger partial charge on any atom is 0.335 e. The summed E-state index contributed by atoms with van der Waals surface area (Å²) in [6.07, 6.45) is 0. The van der Waals surface area contributed by atoms with Crippen LogP contribution in [0.5, 0.6) is 0 Å². The number of anilines is 3. The molecule has 9 heteroatoms. The number of para-hydroxylation sites is 1. The van der Waals surface area contributed by atoms with E-state index in [2.05, 4.69) is 16.0 Å². The van der Waals surface area contributed by atoms with Gasteiger partial charge in [-0.05, 0) is 72.4 Å². The Morgan fingerprint density at radius 2 is 1.38 bits per heavy atom. The van der Waals surface area contributed by atoms with Gasteiger partial charge < -0.3 is 21.1 Å². The summed E-state index contributed by atoms with van der Waals surface area (Å²) in [6.45, 7) is 0. The number of carbonyl (C=O) groups is 2. The minimum atomic E-state index is -1.10. The van der Waals surface area contributed by atoms with Crippen molar-refractivity contribution in [2.45, 2.75) is 10.1 Å². The van der Waals surface area contributed by atoms with E-state index in [1.165, 1.54) is 30.0 Å². The van der Waals surface area contributed by atoms with Crippen molar-refractivity contribution in [1.82, 2.24) is 0 Å². The van der Waals surface area contributed by atoms with Crippen molar-refractivity contribution in [2.75, 3.05) is 16.0 Å². The van der Waals surface area contributed by atoms with Crippen LogP contribution >= 0.6 is 35.6 Å². The fourth-order valence-corrected chi connectivity index (χ4v) is 4.85. The largest absolute Gasteiger partial charge is 0.478 e. The Morgan fingerprint density at radius 1 is 0.784 bits per heavy atom. The second-order valence-corrected chi connectivity index (χ2v) is 9.86. The van der Waals surface area contributed by atoms with Crippen LogP contribution in [0.15, 0.2) is 108 Å². The first-order valence-electron chi connectivity index (χ1n) is 11.2. The van der Waals surface area contributed by atoms with Gasteiger partial charge in [0.05, 0.1) is 16.3 Å². The molecule has 0 aromatic heterocycles. The molecule has 4 N–H and O–H groups in total. The number of amides is 1. The van der Waals surface area contributed by atoms with Crippen molar-refractivity contribution >= 4 is 69.6 Å². The van der Waals surface area contributed by atoms with Crippen LogP contribution < -0.4 is 16.0 Å². The minimum Gasteiger partial charge on any atom is -0.478 e. The highest BCUT2D eigenvalue weighted by Crippen LogP contribution is 2.37. The lowest BCUT2D eigenvalue weighted by atomic mass is 10.1. The zero-order valence-electron chi connectivity index (χ0n) is 19.4. The van der Waals surface area contributed by atoms with Crippen LogP contribution in [0.2, 0.25) is 5.02 Å². The van der Waals surface area contributed by atoms with Crippen LogP contribution in [0.4, 0.5) is 17.1 Å². The maximum atomic E-state index is 13.4. The first kappa shape index (κ1) is 26.2. The van der Waals surface area contributed by atoms with Crippen LogP contribution in [0.25, 0.3) is 0 Å². The monoisotopic (exact) mass is 547 g/mol. The smallest absolute Gasteiger partial charge is 0.335 e. The van der Waals surface area contributed by atoms with E-state index >= 15 is 0 Å². The van der Waals surface area contributed by atoms with Gasteiger partial charge in [-0.2, -0.15) is 0 Å². The van der Waals surface area contributed by atoms with Crippen LogP contribution in [-0.2, 0) is 4.79 Å². The van der Waals surface area contributed by atoms with Gasteiger partial charge in [0.1, 0.15) is 5.25 Å². The molecule has 0 fully saturated rings. The summed E-state index contributed by atoms with van der Waals surface area (Å²) in [7, 11) is 0. The Labute approximate surface area is 229 Å². The summed E-state index contributed by atoms with van der Waals surface area (Å²) in [5.41, 5.74) is 2.76. The lowest BCUT2D eigenvalue weighted by molar-refractivity contribution is -0.115. The van der Waals surface area contributed by atoms with Crippen molar-refractivity contribution < 1.29 is 14.7 Å². The number of hydrogen-bond acceptors (Lipinski definition) is 4. The quantitative estimate of drug-likeness (QED) is 0.136. The molecule has 0 saturated heterocycles. The van der Waals surface area contributed by atoms with Crippen LogP contribution in [0.1, 0.15) is 21.2 Å². The van der Waals surface area contributed by atoms with E-state index < -0.39 is 11.2 Å². The van der Waals surface area contributed by atoms with Gasteiger partial charge in [-0.25, -0.2) is 4.79 Å². The highest BCUT2D eigenvalue weighted by atomic mass is 35.5. The lowest BCUT2D eigenvalue weighted by Crippen LogP contribution is -2.19. The summed E-state index contributed by atoms with van der Waals surface area (Å²) >= 11 is 13.0. The second kappa shape index (κ2) is 12.4. The summed E-state index contributed by atoms with van der Waals surface area (Å²) in [6, 6.07) is 30.7. The predicted molar refractivity (Wildman–Crippen MR) is 155 cm³/mol. The van der Waals surface area contributed by atoms with Crippen molar-refractivity contribution in [3.8, 4) is 0 Å². The number of rotatable bonds is 8. The molecule has 0 aliphatic rings. The number of hydrogen-bond donors (Lipinski definition) is 4. The topological polar surface area (TPSA) is 90.5 Å². The molecule has 4 aromatic carbocycles. The first-order chi connectivity index (χ1) is 17.9. The molecular weight excluding hydrogens is 526 g/mol. The molecule has 1 atom stereocenters. The van der Waals surface area contributed by atoms with E-state index in [0.717, 1.165) is 21.8 Å². The Balaban J connectivity index is 1.48. The van der Waals surface area contributed by atoms with E-state index in [1.807, 2.05) is 84.9 Å². The first-order valence-corrected chi connectivity index (χ1v) is 12.8. The molecule has 1 unspecified atom stereocenters. The third-order valence-electron chi connectivity index (χ3n) is 5.21. The Kier molecular flexibility index (Phi) is 8.79.